The van der Waals surface area contributed by atoms with Crippen LogP contribution in [0.1, 0.15) is 90.7 Å². The van der Waals surface area contributed by atoms with Crippen molar-refractivity contribution >= 4 is 51.8 Å². The molecule has 0 aliphatic carbocycles. The standard InChI is InChI=1S/C46H59N3O9/c1-6-12-35(44(54)40(50)19-20-42(52)48-38(45(47)55)22-32-17-18-33-15-10-11-16-34(33)21-32)23-41(51)39-24-36(57-28-31-13-8-7-9-14-31)26-49(39)46(56)37(30(4)5)25-43(53)58-27-29(2)3/h7-11,13-18,21,29-30,35-39H,6,12,19-20,22-28H2,1-5H3,(H2,47,55)(H,48,52)/t35?,36-,37?,38?,39+/m1/s1. The lowest BCUT2D eigenvalue weighted by molar-refractivity contribution is -0.152. The highest BCUT2D eigenvalue weighted by Gasteiger charge is 2.44. The van der Waals surface area contributed by atoms with Gasteiger partial charge in [0.2, 0.25) is 23.5 Å². The summed E-state index contributed by atoms with van der Waals surface area (Å²) in [5.74, 6) is -5.93. The predicted molar refractivity (Wildman–Crippen MR) is 220 cm³/mol. The Labute approximate surface area is 341 Å². The Hall–Kier alpha value is -5.23. The number of Topliss-reactive ketones (excluding diaryl/α,β-unsaturated/α-hetero) is 3. The van der Waals surface area contributed by atoms with Crippen molar-refractivity contribution in [2.75, 3.05) is 13.2 Å². The van der Waals surface area contributed by atoms with E-state index < -0.39 is 65.8 Å². The number of hydrogen-bond donors (Lipinski definition) is 2. The third-order valence-electron chi connectivity index (χ3n) is 10.6. The highest BCUT2D eigenvalue weighted by Crippen LogP contribution is 2.30. The number of amides is 3. The zero-order chi connectivity index (χ0) is 42.4. The first kappa shape index (κ1) is 45.5. The minimum absolute atomic E-state index is 0.125. The van der Waals surface area contributed by atoms with E-state index in [2.05, 4.69) is 5.32 Å². The van der Waals surface area contributed by atoms with E-state index in [-0.39, 0.29) is 81.8 Å². The highest BCUT2D eigenvalue weighted by atomic mass is 16.5. The molecule has 12 nitrogen and oxygen atoms in total. The third kappa shape index (κ3) is 13.4. The number of nitrogens with two attached hydrogens (primary N) is 1. The van der Waals surface area contributed by atoms with Crippen LogP contribution in [-0.2, 0) is 56.1 Å². The fourth-order valence-electron chi connectivity index (χ4n) is 7.30. The van der Waals surface area contributed by atoms with Crippen molar-refractivity contribution < 1.29 is 43.0 Å². The molecule has 3 unspecified atom stereocenters. The van der Waals surface area contributed by atoms with Gasteiger partial charge in [0.1, 0.15) is 6.04 Å². The summed E-state index contributed by atoms with van der Waals surface area (Å²) in [4.78, 5) is 94.6. The fourth-order valence-corrected chi connectivity index (χ4v) is 7.30. The topological polar surface area (TPSA) is 179 Å². The van der Waals surface area contributed by atoms with Gasteiger partial charge < -0.3 is 25.4 Å². The van der Waals surface area contributed by atoms with E-state index in [1.54, 1.807) is 0 Å². The largest absolute Gasteiger partial charge is 0.465 e. The van der Waals surface area contributed by atoms with E-state index >= 15 is 0 Å². The second-order valence-corrected chi connectivity index (χ2v) is 16.1. The molecule has 3 aromatic rings. The Morgan fingerprint density at radius 3 is 2.19 bits per heavy atom. The van der Waals surface area contributed by atoms with Gasteiger partial charge in [0, 0.05) is 44.6 Å². The molecule has 1 saturated heterocycles. The molecule has 1 fully saturated rings. The first-order valence-electron chi connectivity index (χ1n) is 20.4. The van der Waals surface area contributed by atoms with Crippen molar-refractivity contribution in [2.45, 2.75) is 111 Å². The summed E-state index contributed by atoms with van der Waals surface area (Å²) < 4.78 is 11.6. The van der Waals surface area contributed by atoms with Crippen LogP contribution in [0.5, 0.6) is 0 Å². The summed E-state index contributed by atoms with van der Waals surface area (Å²) in [6.07, 6.45) is -0.543. The number of hydrogen-bond acceptors (Lipinski definition) is 9. The van der Waals surface area contributed by atoms with E-state index in [0.29, 0.717) is 6.42 Å². The SMILES string of the molecule is CCCC(CC(=O)[C@@H]1C[C@@H](OCc2ccccc2)CN1C(=O)C(CC(=O)OCC(C)C)C(C)C)C(=O)C(=O)CCC(=O)NC(Cc1ccc2ccccc2c1)C(N)=O. The van der Waals surface area contributed by atoms with Gasteiger partial charge in [0.25, 0.3) is 0 Å². The summed E-state index contributed by atoms with van der Waals surface area (Å²) in [5, 5.41) is 4.60. The molecule has 4 rings (SSSR count). The molecule has 5 atom stereocenters. The molecule has 1 aliphatic heterocycles. The van der Waals surface area contributed by atoms with E-state index in [1.165, 1.54) is 4.90 Å². The quantitative estimate of drug-likeness (QED) is 0.0900. The molecule has 0 bridgehead atoms. The molecule has 0 spiro atoms. The summed E-state index contributed by atoms with van der Waals surface area (Å²) in [5.41, 5.74) is 7.34. The minimum Gasteiger partial charge on any atom is -0.465 e. The van der Waals surface area contributed by atoms with Crippen LogP contribution in [0.3, 0.4) is 0 Å². The van der Waals surface area contributed by atoms with Gasteiger partial charge in [-0.15, -0.1) is 0 Å². The summed E-state index contributed by atoms with van der Waals surface area (Å²) >= 11 is 0. The van der Waals surface area contributed by atoms with Gasteiger partial charge >= 0.3 is 5.97 Å². The molecule has 312 valence electrons. The number of likely N-dealkylation sites (tertiary alicyclic amines) is 1. The second-order valence-electron chi connectivity index (χ2n) is 16.1. The Morgan fingerprint density at radius 2 is 1.53 bits per heavy atom. The van der Waals surface area contributed by atoms with Crippen molar-refractivity contribution in [1.29, 1.82) is 0 Å². The van der Waals surface area contributed by atoms with Gasteiger partial charge in [0.15, 0.2) is 11.6 Å². The molecule has 0 radical (unpaired) electrons. The number of nitrogens with zero attached hydrogens (tertiary/aromatic N) is 1. The maximum atomic E-state index is 14.2. The number of primary amides is 1. The number of ketones is 3. The number of rotatable bonds is 23. The molecule has 3 aromatic carbocycles. The van der Waals surface area contributed by atoms with Crippen LogP contribution in [0.2, 0.25) is 0 Å². The molecule has 1 heterocycles. The first-order chi connectivity index (χ1) is 27.7. The van der Waals surface area contributed by atoms with Gasteiger partial charge in [0.05, 0.1) is 37.7 Å². The average molecular weight is 798 g/mol. The number of fused-ring (bicyclic) bond motifs is 1. The first-order valence-corrected chi connectivity index (χ1v) is 20.4. The number of ether oxygens (including phenoxy) is 2. The van der Waals surface area contributed by atoms with Crippen molar-refractivity contribution in [3.63, 3.8) is 0 Å². The average Bonchev–Trinajstić information content (AvgIpc) is 3.64. The molecule has 1 aliphatic rings. The van der Waals surface area contributed by atoms with Crippen LogP contribution in [0.4, 0.5) is 0 Å². The lowest BCUT2D eigenvalue weighted by atomic mass is 9.87. The predicted octanol–water partition coefficient (Wildman–Crippen LogP) is 5.69. The lowest BCUT2D eigenvalue weighted by Crippen LogP contribution is -2.46. The minimum atomic E-state index is -1.02. The van der Waals surface area contributed by atoms with Gasteiger partial charge in [-0.3, -0.25) is 33.6 Å². The Kier molecular flexibility index (Phi) is 17.3. The van der Waals surface area contributed by atoms with Crippen LogP contribution in [0.25, 0.3) is 10.8 Å². The summed E-state index contributed by atoms with van der Waals surface area (Å²) in [6.45, 7) is 9.99. The van der Waals surface area contributed by atoms with E-state index in [9.17, 15) is 33.6 Å². The van der Waals surface area contributed by atoms with Gasteiger partial charge in [-0.1, -0.05) is 114 Å². The molecule has 3 amide bonds. The molecule has 0 aromatic heterocycles. The number of nitrogens with one attached hydrogen (secondary N) is 1. The molecule has 58 heavy (non-hydrogen) atoms. The van der Waals surface area contributed by atoms with Crippen LogP contribution < -0.4 is 11.1 Å². The van der Waals surface area contributed by atoms with Crippen molar-refractivity contribution in [1.82, 2.24) is 10.2 Å². The maximum Gasteiger partial charge on any atom is 0.306 e. The van der Waals surface area contributed by atoms with Crippen molar-refractivity contribution in [3.8, 4) is 0 Å². The van der Waals surface area contributed by atoms with Crippen LogP contribution in [0.15, 0.2) is 72.8 Å². The smallest absolute Gasteiger partial charge is 0.306 e. The fraction of sp³-hybridized carbons (Fsp3) is 0.500. The monoisotopic (exact) mass is 797 g/mol. The lowest BCUT2D eigenvalue weighted by Gasteiger charge is -2.30. The molecular weight excluding hydrogens is 739 g/mol. The summed E-state index contributed by atoms with van der Waals surface area (Å²) in [6, 6.07) is 21.0. The normalized spacial score (nSPS) is 16.8. The van der Waals surface area contributed by atoms with Gasteiger partial charge in [-0.2, -0.15) is 0 Å². The molecule has 12 heteroatoms. The zero-order valence-corrected chi connectivity index (χ0v) is 34.4. The van der Waals surface area contributed by atoms with E-state index in [1.807, 2.05) is 107 Å². The Balaban J connectivity index is 1.41. The molecular formula is C46H59N3O9. The maximum absolute atomic E-state index is 14.2. The second kappa shape index (κ2) is 22.1. The van der Waals surface area contributed by atoms with E-state index in [0.717, 1.165) is 21.9 Å². The number of benzene rings is 3. The third-order valence-corrected chi connectivity index (χ3v) is 10.6. The molecule has 0 saturated carbocycles. The number of carbonyl (C=O) groups is 7. The summed E-state index contributed by atoms with van der Waals surface area (Å²) in [7, 11) is 0. The van der Waals surface area contributed by atoms with Crippen molar-refractivity contribution in [2.24, 2.45) is 29.4 Å². The highest BCUT2D eigenvalue weighted by molar-refractivity contribution is 6.38. The number of esters is 1. The zero-order valence-electron chi connectivity index (χ0n) is 34.4. The van der Waals surface area contributed by atoms with Gasteiger partial charge in [-0.25, -0.2) is 0 Å². The van der Waals surface area contributed by atoms with Gasteiger partial charge in [-0.05, 0) is 40.2 Å². The van der Waals surface area contributed by atoms with Crippen LogP contribution >= 0.6 is 0 Å². The Morgan fingerprint density at radius 1 is 0.845 bits per heavy atom. The van der Waals surface area contributed by atoms with Crippen LogP contribution in [-0.4, -0.2) is 77.3 Å². The van der Waals surface area contributed by atoms with Crippen molar-refractivity contribution in [3.05, 3.63) is 83.9 Å². The van der Waals surface area contributed by atoms with E-state index in [4.69, 9.17) is 15.2 Å². The molecule has 3 N–H and O–H groups in total. The Bertz CT molecular complexity index is 1910. The van der Waals surface area contributed by atoms with Crippen LogP contribution in [0, 0.1) is 23.7 Å². The number of carbonyl (C=O) groups excluding carboxylic acids is 7.